The number of fused-ring (bicyclic) bond motifs is 1. The van der Waals surface area contributed by atoms with Crippen molar-refractivity contribution in [3.8, 4) is 5.75 Å². The molecule has 3 aromatic carbocycles. The van der Waals surface area contributed by atoms with Crippen LogP contribution < -0.4 is 9.64 Å². The van der Waals surface area contributed by atoms with Crippen LogP contribution in [0.3, 0.4) is 0 Å². The van der Waals surface area contributed by atoms with Crippen molar-refractivity contribution in [3.05, 3.63) is 94.5 Å². The summed E-state index contributed by atoms with van der Waals surface area (Å²) < 4.78 is 12.5. The molecule has 4 rings (SSSR count). The molecule has 36 heavy (non-hydrogen) atoms. The molecule has 2 unspecified atom stereocenters. The summed E-state index contributed by atoms with van der Waals surface area (Å²) in [6.07, 6.45) is -2.39. The van der Waals surface area contributed by atoms with Crippen LogP contribution >= 0.6 is 11.6 Å². The number of rotatable bonds is 7. The zero-order valence-electron chi connectivity index (χ0n) is 20.6. The van der Waals surface area contributed by atoms with E-state index in [-0.39, 0.29) is 11.3 Å². The lowest BCUT2D eigenvalue weighted by Gasteiger charge is -2.31. The first-order valence-electron chi connectivity index (χ1n) is 11.9. The number of carbonyl (C=O) groups is 2. The van der Waals surface area contributed by atoms with E-state index in [0.717, 1.165) is 5.56 Å². The lowest BCUT2D eigenvalue weighted by molar-refractivity contribution is -0.147. The number of ether oxygens (including phenoxy) is 2. The van der Waals surface area contributed by atoms with Crippen LogP contribution in [0.15, 0.2) is 72.8 Å². The second kappa shape index (κ2) is 10.7. The zero-order chi connectivity index (χ0) is 25.9. The van der Waals surface area contributed by atoms with Crippen LogP contribution in [0.25, 0.3) is 0 Å². The Hall–Kier alpha value is -3.35. The van der Waals surface area contributed by atoms with E-state index in [0.29, 0.717) is 40.7 Å². The molecular formula is C29H30ClNO5. The number of para-hydroxylation sites is 1. The molecule has 188 valence electrons. The van der Waals surface area contributed by atoms with E-state index >= 15 is 0 Å². The van der Waals surface area contributed by atoms with Crippen molar-refractivity contribution >= 4 is 29.2 Å². The predicted octanol–water partition coefficient (Wildman–Crippen LogP) is 6.26. The highest BCUT2D eigenvalue weighted by atomic mass is 35.5. The van der Waals surface area contributed by atoms with Gasteiger partial charge in [-0.1, -0.05) is 80.9 Å². The Labute approximate surface area is 216 Å². The van der Waals surface area contributed by atoms with Gasteiger partial charge in [-0.3, -0.25) is 9.59 Å². The molecule has 1 amide bonds. The van der Waals surface area contributed by atoms with Gasteiger partial charge in [0.2, 0.25) is 0 Å². The summed E-state index contributed by atoms with van der Waals surface area (Å²) in [5.74, 6) is -0.912. The van der Waals surface area contributed by atoms with Crippen molar-refractivity contribution in [2.24, 2.45) is 5.41 Å². The van der Waals surface area contributed by atoms with Crippen molar-refractivity contribution in [2.75, 3.05) is 11.4 Å². The fourth-order valence-electron chi connectivity index (χ4n) is 4.31. The molecule has 1 aliphatic rings. The van der Waals surface area contributed by atoms with E-state index in [1.54, 1.807) is 23.1 Å². The molecule has 0 saturated carbocycles. The normalized spacial score (nSPS) is 17.9. The Morgan fingerprint density at radius 2 is 1.72 bits per heavy atom. The Morgan fingerprint density at radius 3 is 2.42 bits per heavy atom. The van der Waals surface area contributed by atoms with Crippen LogP contribution in [-0.2, 0) is 20.9 Å². The van der Waals surface area contributed by atoms with Gasteiger partial charge < -0.3 is 19.5 Å². The minimum absolute atomic E-state index is 0.239. The third-order valence-electron chi connectivity index (χ3n) is 5.84. The summed E-state index contributed by atoms with van der Waals surface area (Å²) in [6.45, 7) is 6.81. The topological polar surface area (TPSA) is 76.1 Å². The number of halogens is 1. The van der Waals surface area contributed by atoms with Crippen molar-refractivity contribution < 1.29 is 24.2 Å². The van der Waals surface area contributed by atoms with Gasteiger partial charge in [-0.2, -0.15) is 0 Å². The number of nitrogens with zero attached hydrogens (tertiary/aromatic N) is 1. The van der Waals surface area contributed by atoms with Gasteiger partial charge in [-0.25, -0.2) is 0 Å². The van der Waals surface area contributed by atoms with Gasteiger partial charge in [-0.05, 0) is 35.2 Å². The molecule has 0 bridgehead atoms. The van der Waals surface area contributed by atoms with Gasteiger partial charge >= 0.3 is 5.97 Å². The van der Waals surface area contributed by atoms with Crippen LogP contribution in [-0.4, -0.2) is 29.6 Å². The summed E-state index contributed by atoms with van der Waals surface area (Å²) in [5, 5.41) is 10.1. The van der Waals surface area contributed by atoms with Crippen LogP contribution in [0.1, 0.15) is 50.0 Å². The average Bonchev–Trinajstić information content (AvgIpc) is 2.93. The summed E-state index contributed by atoms with van der Waals surface area (Å²) in [7, 11) is 0. The van der Waals surface area contributed by atoms with Crippen LogP contribution in [0.2, 0.25) is 5.02 Å². The van der Waals surface area contributed by atoms with E-state index in [9.17, 15) is 14.7 Å². The smallest absolute Gasteiger partial charge is 0.306 e. The van der Waals surface area contributed by atoms with Gasteiger partial charge in [0, 0.05) is 28.4 Å². The van der Waals surface area contributed by atoms with Gasteiger partial charge in [-0.15, -0.1) is 0 Å². The van der Waals surface area contributed by atoms with Crippen LogP contribution in [0, 0.1) is 5.41 Å². The minimum Gasteiger partial charge on any atom is -0.489 e. The maximum atomic E-state index is 13.7. The number of aliphatic carboxylic acids is 1. The number of anilines is 1. The molecule has 2 atom stereocenters. The lowest BCUT2D eigenvalue weighted by Crippen LogP contribution is -2.44. The number of amides is 1. The number of hydrogen-bond acceptors (Lipinski definition) is 4. The summed E-state index contributed by atoms with van der Waals surface area (Å²) in [6, 6.07) is 22.6. The number of benzene rings is 3. The number of carbonyl (C=O) groups excluding carboxylic acids is 1. The molecule has 0 fully saturated rings. The number of carboxylic acid groups (broad SMARTS) is 1. The van der Waals surface area contributed by atoms with Crippen molar-refractivity contribution in [1.82, 2.24) is 0 Å². The summed E-state index contributed by atoms with van der Waals surface area (Å²) in [5.41, 5.74) is 2.79. The SMILES string of the molecule is CC(C)(C)CN1C(=O)C(CC(=O)O)OC(c2ccccc2OCc2ccccc2)c2cc(Cl)ccc21. The molecule has 3 aromatic rings. The Balaban J connectivity index is 1.81. The van der Waals surface area contributed by atoms with E-state index < -0.39 is 24.6 Å². The Morgan fingerprint density at radius 1 is 1.03 bits per heavy atom. The van der Waals surface area contributed by atoms with Gasteiger partial charge in [0.1, 0.15) is 24.6 Å². The van der Waals surface area contributed by atoms with E-state index in [1.807, 2.05) is 75.4 Å². The predicted molar refractivity (Wildman–Crippen MR) is 139 cm³/mol. The zero-order valence-corrected chi connectivity index (χ0v) is 21.4. The molecule has 0 radical (unpaired) electrons. The Kier molecular flexibility index (Phi) is 7.67. The second-order valence-electron chi connectivity index (χ2n) is 10.1. The molecule has 0 spiro atoms. The second-order valence-corrected chi connectivity index (χ2v) is 10.5. The molecule has 6 nitrogen and oxygen atoms in total. The molecule has 1 aliphatic heterocycles. The maximum Gasteiger partial charge on any atom is 0.306 e. The molecule has 1 N–H and O–H groups in total. The average molecular weight is 508 g/mol. The van der Waals surface area contributed by atoms with Crippen molar-refractivity contribution in [1.29, 1.82) is 0 Å². The largest absolute Gasteiger partial charge is 0.489 e. The minimum atomic E-state index is -1.18. The number of hydrogen-bond donors (Lipinski definition) is 1. The monoisotopic (exact) mass is 507 g/mol. The first-order valence-corrected chi connectivity index (χ1v) is 12.2. The third-order valence-corrected chi connectivity index (χ3v) is 6.07. The third kappa shape index (κ3) is 6.07. The van der Waals surface area contributed by atoms with E-state index in [1.165, 1.54) is 0 Å². The molecule has 1 heterocycles. The van der Waals surface area contributed by atoms with Gasteiger partial charge in [0.05, 0.1) is 6.42 Å². The molecule has 0 aliphatic carbocycles. The molecule has 0 aromatic heterocycles. The summed E-state index contributed by atoms with van der Waals surface area (Å²) >= 11 is 6.42. The highest BCUT2D eigenvalue weighted by Crippen LogP contribution is 2.43. The highest BCUT2D eigenvalue weighted by molar-refractivity contribution is 6.30. The first-order chi connectivity index (χ1) is 17.1. The summed E-state index contributed by atoms with van der Waals surface area (Å²) in [4.78, 5) is 27.0. The molecular weight excluding hydrogens is 478 g/mol. The van der Waals surface area contributed by atoms with Gasteiger partial charge in [0.15, 0.2) is 0 Å². The highest BCUT2D eigenvalue weighted by Gasteiger charge is 2.39. The van der Waals surface area contributed by atoms with Crippen molar-refractivity contribution in [3.63, 3.8) is 0 Å². The first kappa shape index (κ1) is 25.7. The van der Waals surface area contributed by atoms with Crippen LogP contribution in [0.5, 0.6) is 5.75 Å². The van der Waals surface area contributed by atoms with Crippen molar-refractivity contribution in [2.45, 2.75) is 46.0 Å². The number of carboxylic acids is 1. The van der Waals surface area contributed by atoms with Crippen LogP contribution in [0.4, 0.5) is 5.69 Å². The fourth-order valence-corrected chi connectivity index (χ4v) is 4.49. The standard InChI is InChI=1S/C29H30ClNO5/c1-29(2,3)18-31-23-14-13-20(30)15-22(23)27(36-25(28(31)34)16-26(32)33)21-11-7-8-12-24(21)35-17-19-9-5-4-6-10-19/h4-15,25,27H,16-18H2,1-3H3,(H,32,33). The quantitative estimate of drug-likeness (QED) is 0.408. The fraction of sp³-hybridized carbons (Fsp3) is 0.310. The Bertz CT molecular complexity index is 1240. The van der Waals surface area contributed by atoms with Gasteiger partial charge in [0.25, 0.3) is 5.91 Å². The van der Waals surface area contributed by atoms with E-state index in [4.69, 9.17) is 21.1 Å². The van der Waals surface area contributed by atoms with E-state index in [2.05, 4.69) is 0 Å². The molecule has 0 saturated heterocycles. The molecule has 7 heteroatoms. The maximum absolute atomic E-state index is 13.7. The lowest BCUT2D eigenvalue weighted by atomic mass is 9.94.